The van der Waals surface area contributed by atoms with Crippen molar-refractivity contribution in [1.82, 2.24) is 4.90 Å². The van der Waals surface area contributed by atoms with Crippen LogP contribution in [-0.4, -0.2) is 55.0 Å². The molecule has 4 aliphatic heterocycles. The van der Waals surface area contributed by atoms with Crippen molar-refractivity contribution in [3.63, 3.8) is 0 Å². The summed E-state index contributed by atoms with van der Waals surface area (Å²) in [6.45, 7) is 3.74. The summed E-state index contributed by atoms with van der Waals surface area (Å²) < 4.78 is 5.34. The van der Waals surface area contributed by atoms with Crippen LogP contribution in [0.5, 0.6) is 0 Å². The lowest BCUT2D eigenvalue weighted by Crippen LogP contribution is -2.73. The molecule has 1 aromatic rings. The number of anilines is 1. The van der Waals surface area contributed by atoms with Gasteiger partial charge in [-0.25, -0.2) is 0 Å². The normalized spacial score (nSPS) is 44.0. The van der Waals surface area contributed by atoms with Gasteiger partial charge in [0.05, 0.1) is 24.5 Å². The third-order valence-corrected chi connectivity index (χ3v) is 7.72. The number of fused-ring (bicyclic) bond motifs is 3. The molecule has 0 amide bonds. The lowest BCUT2D eigenvalue weighted by Gasteiger charge is -2.56. The average molecular weight is 354 g/mol. The van der Waals surface area contributed by atoms with Crippen molar-refractivity contribution in [2.24, 2.45) is 11.8 Å². The molecule has 3 saturated heterocycles. The summed E-state index contributed by atoms with van der Waals surface area (Å²) in [6.07, 6.45) is 3.12. The Morgan fingerprint density at radius 1 is 1.38 bits per heavy atom. The van der Waals surface area contributed by atoms with E-state index in [9.17, 15) is 9.90 Å². The molecule has 5 nitrogen and oxygen atoms in total. The number of aliphatic hydroxyl groups is 1. The molecule has 1 aliphatic carbocycles. The lowest BCUT2D eigenvalue weighted by molar-refractivity contribution is -0.159. The van der Waals surface area contributed by atoms with Gasteiger partial charge in [-0.05, 0) is 37.3 Å². The Morgan fingerprint density at radius 2 is 2.15 bits per heavy atom. The van der Waals surface area contributed by atoms with Crippen molar-refractivity contribution in [3.8, 4) is 0 Å². The molecule has 6 atom stereocenters. The first-order valence-electron chi connectivity index (χ1n) is 9.53. The van der Waals surface area contributed by atoms with Crippen LogP contribution < -0.4 is 4.90 Å². The van der Waals surface area contributed by atoms with E-state index in [2.05, 4.69) is 41.1 Å². The van der Waals surface area contributed by atoms with Crippen molar-refractivity contribution < 1.29 is 14.6 Å². The Morgan fingerprint density at radius 3 is 2.88 bits per heavy atom. The zero-order valence-corrected chi connectivity index (χ0v) is 15.6. The van der Waals surface area contributed by atoms with Gasteiger partial charge >= 0.3 is 5.97 Å². The summed E-state index contributed by atoms with van der Waals surface area (Å²) >= 11 is 0. The molecule has 1 aromatic carbocycles. The number of allylic oxidation sites excluding steroid dienone is 1. The van der Waals surface area contributed by atoms with Crippen LogP contribution in [-0.2, 0) is 14.9 Å². The van der Waals surface area contributed by atoms with Crippen LogP contribution in [0.4, 0.5) is 5.69 Å². The zero-order chi connectivity index (χ0) is 18.3. The lowest BCUT2D eigenvalue weighted by atomic mass is 9.53. The summed E-state index contributed by atoms with van der Waals surface area (Å²) in [4.78, 5) is 17.8. The van der Waals surface area contributed by atoms with Crippen molar-refractivity contribution in [1.29, 1.82) is 0 Å². The van der Waals surface area contributed by atoms with Crippen LogP contribution in [0.2, 0.25) is 0 Å². The van der Waals surface area contributed by atoms with Crippen molar-refractivity contribution >= 4 is 11.7 Å². The van der Waals surface area contributed by atoms with E-state index in [0.29, 0.717) is 6.42 Å². The number of ether oxygens (including phenoxy) is 1. The van der Waals surface area contributed by atoms with Crippen LogP contribution in [0.3, 0.4) is 0 Å². The Balaban J connectivity index is 1.88. The number of benzene rings is 1. The van der Waals surface area contributed by atoms with Gasteiger partial charge < -0.3 is 14.7 Å². The minimum absolute atomic E-state index is 0.0282. The third kappa shape index (κ3) is 1.47. The molecule has 1 N–H and O–H groups in total. The number of para-hydroxylation sites is 1. The van der Waals surface area contributed by atoms with Gasteiger partial charge in [-0.15, -0.1) is 0 Å². The number of likely N-dealkylation sites (N-methyl/N-ethyl adjacent to an activating group) is 1. The number of rotatable bonds is 1. The molecule has 6 unspecified atom stereocenters. The molecular weight excluding hydrogens is 328 g/mol. The number of hydrogen-bond acceptors (Lipinski definition) is 5. The molecule has 138 valence electrons. The van der Waals surface area contributed by atoms with E-state index in [4.69, 9.17) is 4.74 Å². The van der Waals surface area contributed by atoms with Gasteiger partial charge in [0.25, 0.3) is 0 Å². The number of hydrogen-bond donors (Lipinski definition) is 1. The fourth-order valence-corrected chi connectivity index (χ4v) is 6.99. The molecular formula is C21H26N2O3. The maximum atomic E-state index is 13.1. The summed E-state index contributed by atoms with van der Waals surface area (Å²) in [5.41, 5.74) is 2.59. The summed E-state index contributed by atoms with van der Waals surface area (Å²) in [6, 6.07) is 8.37. The van der Waals surface area contributed by atoms with E-state index in [0.717, 1.165) is 25.2 Å². The Kier molecular flexibility index (Phi) is 3.21. The van der Waals surface area contributed by atoms with E-state index < -0.39 is 17.2 Å². The Hall–Kier alpha value is -1.85. The number of nitrogens with zero attached hydrogens (tertiary/aromatic N) is 2. The topological polar surface area (TPSA) is 53.0 Å². The highest BCUT2D eigenvalue weighted by molar-refractivity contribution is 5.82. The minimum Gasteiger partial charge on any atom is -0.469 e. The van der Waals surface area contributed by atoms with Gasteiger partial charge in [0, 0.05) is 25.8 Å². The smallest absolute Gasteiger partial charge is 0.310 e. The zero-order valence-electron chi connectivity index (χ0n) is 15.6. The first-order chi connectivity index (χ1) is 12.5. The highest BCUT2D eigenvalue weighted by Gasteiger charge is 2.78. The Labute approximate surface area is 154 Å². The monoisotopic (exact) mass is 354 g/mol. The molecule has 1 saturated carbocycles. The van der Waals surface area contributed by atoms with Crippen molar-refractivity contribution in [2.75, 3.05) is 32.1 Å². The summed E-state index contributed by atoms with van der Waals surface area (Å²) in [5, 5.41) is 11.5. The van der Waals surface area contributed by atoms with E-state index in [-0.39, 0.29) is 17.8 Å². The molecule has 5 heteroatoms. The third-order valence-electron chi connectivity index (χ3n) is 7.72. The molecule has 4 fully saturated rings. The molecule has 4 heterocycles. The second kappa shape index (κ2) is 5.11. The van der Waals surface area contributed by atoms with Gasteiger partial charge in [-0.3, -0.25) is 9.69 Å². The van der Waals surface area contributed by atoms with Gasteiger partial charge in [0.1, 0.15) is 5.66 Å². The second-order valence-corrected chi connectivity index (χ2v) is 8.17. The Bertz CT molecular complexity index is 821. The number of esters is 1. The molecule has 0 aromatic heterocycles. The van der Waals surface area contributed by atoms with Crippen LogP contribution in [0.1, 0.15) is 25.3 Å². The molecule has 4 bridgehead atoms. The standard InChI is InChI=1S/C21H26N2O3/c1-4-13-12-23-10-9-20-15-7-5-6-8-16(15)22(2)21(20,23)17(24)11-14(13)18(20)19(25)26-3/h4-8,14,17-18,24H,9-12H2,1-3H3/b13-4-. The molecule has 26 heavy (non-hydrogen) atoms. The average Bonchev–Trinajstić information content (AvgIpc) is 3.03. The van der Waals surface area contributed by atoms with Crippen LogP contribution in [0, 0.1) is 11.8 Å². The van der Waals surface area contributed by atoms with E-state index >= 15 is 0 Å². The largest absolute Gasteiger partial charge is 0.469 e. The van der Waals surface area contributed by atoms with Crippen molar-refractivity contribution in [2.45, 2.75) is 36.9 Å². The second-order valence-electron chi connectivity index (χ2n) is 8.17. The minimum atomic E-state index is -0.573. The first-order valence-corrected chi connectivity index (χ1v) is 9.53. The molecule has 1 spiro atoms. The number of methoxy groups -OCH3 is 1. The SMILES string of the molecule is C/C=C1/CN2CCC34c5ccccc5N(C)C23C(O)CC1C4C(=O)OC. The van der Waals surface area contributed by atoms with Crippen LogP contribution >= 0.6 is 0 Å². The quantitative estimate of drug-likeness (QED) is 0.617. The van der Waals surface area contributed by atoms with Gasteiger partial charge in [-0.1, -0.05) is 29.8 Å². The first kappa shape index (κ1) is 16.3. The number of carbonyl (C=O) groups is 1. The van der Waals surface area contributed by atoms with Crippen LogP contribution in [0.15, 0.2) is 35.9 Å². The summed E-state index contributed by atoms with van der Waals surface area (Å²) in [7, 11) is 3.57. The van der Waals surface area contributed by atoms with E-state index in [1.54, 1.807) is 0 Å². The summed E-state index contributed by atoms with van der Waals surface area (Å²) in [5.74, 6) is -0.374. The highest BCUT2D eigenvalue weighted by Crippen LogP contribution is 2.69. The number of aliphatic hydroxyl groups excluding tert-OH is 1. The maximum Gasteiger partial charge on any atom is 0.310 e. The highest BCUT2D eigenvalue weighted by atomic mass is 16.5. The van der Waals surface area contributed by atoms with Gasteiger partial charge in [0.2, 0.25) is 0 Å². The van der Waals surface area contributed by atoms with E-state index in [1.165, 1.54) is 18.2 Å². The predicted octanol–water partition coefficient (Wildman–Crippen LogP) is 1.91. The van der Waals surface area contributed by atoms with E-state index in [1.807, 2.05) is 13.0 Å². The molecule has 5 aliphatic rings. The maximum absolute atomic E-state index is 13.1. The molecule has 6 rings (SSSR count). The van der Waals surface area contributed by atoms with Gasteiger partial charge in [-0.2, -0.15) is 0 Å². The fraction of sp³-hybridized carbons (Fsp3) is 0.571. The fourth-order valence-electron chi connectivity index (χ4n) is 6.99. The predicted molar refractivity (Wildman–Crippen MR) is 98.8 cm³/mol. The van der Waals surface area contributed by atoms with Crippen molar-refractivity contribution in [3.05, 3.63) is 41.5 Å². The number of carbonyl (C=O) groups excluding carboxylic acids is 1. The van der Waals surface area contributed by atoms with Gasteiger partial charge in [0.15, 0.2) is 0 Å². The molecule has 0 radical (unpaired) electrons. The van der Waals surface area contributed by atoms with Crippen LogP contribution in [0.25, 0.3) is 0 Å².